The number of carbonyl (C=O) groups is 2. The molecular formula is C17H25N3O3. The Morgan fingerprint density at radius 3 is 2.48 bits per heavy atom. The molecule has 1 aliphatic carbocycles. The number of urea groups is 1. The van der Waals surface area contributed by atoms with E-state index in [1.807, 2.05) is 0 Å². The van der Waals surface area contributed by atoms with Gasteiger partial charge in [-0.1, -0.05) is 25.8 Å². The lowest BCUT2D eigenvalue weighted by Gasteiger charge is -2.23. The summed E-state index contributed by atoms with van der Waals surface area (Å²) in [6.45, 7) is 2.89. The second-order valence-corrected chi connectivity index (χ2v) is 6.39. The molecule has 1 saturated carbocycles. The fourth-order valence-corrected chi connectivity index (χ4v) is 2.88. The number of methoxy groups -OCH3 is 1. The van der Waals surface area contributed by atoms with E-state index in [0.717, 1.165) is 12.8 Å². The Hall–Kier alpha value is -2.08. The molecule has 1 aliphatic rings. The van der Waals surface area contributed by atoms with Gasteiger partial charge in [-0.25, -0.2) is 4.79 Å². The number of hydrogen-bond acceptors (Lipinski definition) is 3. The Balaban J connectivity index is 1.84. The van der Waals surface area contributed by atoms with Gasteiger partial charge >= 0.3 is 6.03 Å². The molecule has 2 rings (SSSR count). The van der Waals surface area contributed by atoms with Gasteiger partial charge < -0.3 is 20.7 Å². The predicted molar refractivity (Wildman–Crippen MR) is 90.5 cm³/mol. The largest absolute Gasteiger partial charge is 0.375 e. The van der Waals surface area contributed by atoms with Crippen LogP contribution in [-0.2, 0) is 9.53 Å². The molecule has 1 fully saturated rings. The summed E-state index contributed by atoms with van der Waals surface area (Å²) in [6, 6.07) is 6.80. The van der Waals surface area contributed by atoms with Crippen molar-refractivity contribution in [2.24, 2.45) is 5.41 Å². The van der Waals surface area contributed by atoms with Crippen LogP contribution in [0.1, 0.15) is 32.6 Å². The fraction of sp³-hybridized carbons (Fsp3) is 0.529. The standard InChI is InChI=1S/C17H25N3O3/c1-17(8-3-4-9-17)12-18-16(22)20-14-7-5-6-13(10-14)19-15(21)11-23-2/h5-7,10H,3-4,8-9,11-12H2,1-2H3,(H,19,21)(H2,18,20,22). The molecule has 126 valence electrons. The summed E-state index contributed by atoms with van der Waals surface area (Å²) >= 11 is 0. The second kappa shape index (κ2) is 7.97. The van der Waals surface area contributed by atoms with Gasteiger partial charge in [0.25, 0.3) is 0 Å². The number of rotatable bonds is 6. The molecule has 3 amide bonds. The van der Waals surface area contributed by atoms with Crippen molar-refractivity contribution in [3.8, 4) is 0 Å². The van der Waals surface area contributed by atoms with Gasteiger partial charge in [0.2, 0.25) is 5.91 Å². The molecule has 0 unspecified atom stereocenters. The molecule has 0 radical (unpaired) electrons. The topological polar surface area (TPSA) is 79.5 Å². The van der Waals surface area contributed by atoms with E-state index < -0.39 is 0 Å². The normalized spacial score (nSPS) is 15.9. The average Bonchev–Trinajstić information content (AvgIpc) is 2.93. The van der Waals surface area contributed by atoms with E-state index in [1.54, 1.807) is 24.3 Å². The highest BCUT2D eigenvalue weighted by Gasteiger charge is 2.28. The summed E-state index contributed by atoms with van der Waals surface area (Å²) in [7, 11) is 1.47. The van der Waals surface area contributed by atoms with E-state index in [2.05, 4.69) is 22.9 Å². The molecular weight excluding hydrogens is 294 g/mol. The fourth-order valence-electron chi connectivity index (χ4n) is 2.88. The first-order valence-corrected chi connectivity index (χ1v) is 7.94. The minimum Gasteiger partial charge on any atom is -0.375 e. The van der Waals surface area contributed by atoms with Crippen LogP contribution in [0.2, 0.25) is 0 Å². The maximum absolute atomic E-state index is 12.0. The highest BCUT2D eigenvalue weighted by molar-refractivity contribution is 5.94. The molecule has 0 heterocycles. The zero-order valence-corrected chi connectivity index (χ0v) is 13.8. The van der Waals surface area contributed by atoms with Gasteiger partial charge in [0.15, 0.2) is 0 Å². The zero-order valence-electron chi connectivity index (χ0n) is 13.8. The highest BCUT2D eigenvalue weighted by atomic mass is 16.5. The molecule has 6 heteroatoms. The third kappa shape index (κ3) is 5.56. The first-order valence-electron chi connectivity index (χ1n) is 7.94. The van der Waals surface area contributed by atoms with Crippen LogP contribution in [0.15, 0.2) is 24.3 Å². The number of anilines is 2. The van der Waals surface area contributed by atoms with Crippen molar-refractivity contribution in [2.45, 2.75) is 32.6 Å². The molecule has 0 saturated heterocycles. The van der Waals surface area contributed by atoms with E-state index in [9.17, 15) is 9.59 Å². The zero-order chi connectivity index (χ0) is 16.7. The second-order valence-electron chi connectivity index (χ2n) is 6.39. The van der Waals surface area contributed by atoms with E-state index in [-0.39, 0.29) is 24.0 Å². The Bertz CT molecular complexity index is 554. The molecule has 0 aliphatic heterocycles. The van der Waals surface area contributed by atoms with Crippen molar-refractivity contribution < 1.29 is 14.3 Å². The van der Waals surface area contributed by atoms with Crippen molar-refractivity contribution in [2.75, 3.05) is 30.9 Å². The van der Waals surface area contributed by atoms with Gasteiger partial charge in [0.1, 0.15) is 6.61 Å². The molecule has 0 spiro atoms. The molecule has 0 atom stereocenters. The molecule has 1 aromatic rings. The van der Waals surface area contributed by atoms with Gasteiger partial charge in [-0.3, -0.25) is 4.79 Å². The van der Waals surface area contributed by atoms with Gasteiger partial charge in [-0.05, 0) is 36.5 Å². The van der Waals surface area contributed by atoms with Gasteiger partial charge in [-0.2, -0.15) is 0 Å². The van der Waals surface area contributed by atoms with Crippen LogP contribution >= 0.6 is 0 Å². The Kier molecular flexibility index (Phi) is 5.98. The molecule has 3 N–H and O–H groups in total. The predicted octanol–water partition coefficient (Wildman–Crippen LogP) is 2.97. The number of carbonyl (C=O) groups excluding carboxylic acids is 2. The van der Waals surface area contributed by atoms with Crippen LogP contribution in [0.3, 0.4) is 0 Å². The Labute approximate surface area is 137 Å². The van der Waals surface area contributed by atoms with Crippen molar-refractivity contribution >= 4 is 23.3 Å². The molecule has 0 aromatic heterocycles. The van der Waals surface area contributed by atoms with Crippen molar-refractivity contribution in [3.05, 3.63) is 24.3 Å². The quantitative estimate of drug-likeness (QED) is 0.754. The van der Waals surface area contributed by atoms with Crippen LogP contribution in [0, 0.1) is 5.41 Å². The summed E-state index contributed by atoms with van der Waals surface area (Å²) in [5.41, 5.74) is 1.47. The number of hydrogen-bond donors (Lipinski definition) is 3. The lowest BCUT2D eigenvalue weighted by Crippen LogP contribution is -2.36. The molecule has 6 nitrogen and oxygen atoms in total. The number of nitrogens with one attached hydrogen (secondary N) is 3. The van der Waals surface area contributed by atoms with Crippen LogP contribution in [0.5, 0.6) is 0 Å². The summed E-state index contributed by atoms with van der Waals surface area (Å²) in [5.74, 6) is -0.233. The Morgan fingerprint density at radius 1 is 1.17 bits per heavy atom. The van der Waals surface area contributed by atoms with E-state index in [0.29, 0.717) is 17.9 Å². The summed E-state index contributed by atoms with van der Waals surface area (Å²) < 4.78 is 4.77. The van der Waals surface area contributed by atoms with Gasteiger partial charge in [-0.15, -0.1) is 0 Å². The third-order valence-corrected chi connectivity index (χ3v) is 4.17. The summed E-state index contributed by atoms with van der Waals surface area (Å²) in [6.07, 6.45) is 4.80. The SMILES string of the molecule is COCC(=O)Nc1cccc(NC(=O)NCC2(C)CCCC2)c1. The van der Waals surface area contributed by atoms with Gasteiger partial charge in [0.05, 0.1) is 0 Å². The number of ether oxygens (including phenoxy) is 1. The van der Waals surface area contributed by atoms with Crippen LogP contribution in [0.4, 0.5) is 16.2 Å². The van der Waals surface area contributed by atoms with Crippen LogP contribution in [0.25, 0.3) is 0 Å². The molecule has 0 bridgehead atoms. The van der Waals surface area contributed by atoms with Crippen LogP contribution < -0.4 is 16.0 Å². The smallest absolute Gasteiger partial charge is 0.319 e. The monoisotopic (exact) mass is 319 g/mol. The lowest BCUT2D eigenvalue weighted by molar-refractivity contribution is -0.119. The lowest BCUT2D eigenvalue weighted by atomic mass is 9.89. The molecule has 1 aromatic carbocycles. The summed E-state index contributed by atoms with van der Waals surface area (Å²) in [5, 5.41) is 8.44. The number of benzene rings is 1. The van der Waals surface area contributed by atoms with Crippen LogP contribution in [-0.4, -0.2) is 32.2 Å². The highest BCUT2D eigenvalue weighted by Crippen LogP contribution is 2.36. The van der Waals surface area contributed by atoms with Crippen molar-refractivity contribution in [1.82, 2.24) is 5.32 Å². The van der Waals surface area contributed by atoms with Gasteiger partial charge in [0, 0.05) is 25.0 Å². The van der Waals surface area contributed by atoms with Crippen molar-refractivity contribution in [3.63, 3.8) is 0 Å². The minimum absolute atomic E-state index is 0.00325. The Morgan fingerprint density at radius 2 is 1.83 bits per heavy atom. The van der Waals surface area contributed by atoms with E-state index in [4.69, 9.17) is 4.74 Å². The number of amides is 3. The molecule has 23 heavy (non-hydrogen) atoms. The minimum atomic E-state index is -0.233. The first-order chi connectivity index (χ1) is 11.0. The van der Waals surface area contributed by atoms with E-state index >= 15 is 0 Å². The third-order valence-electron chi connectivity index (χ3n) is 4.17. The first kappa shape index (κ1) is 17.3. The average molecular weight is 319 g/mol. The van der Waals surface area contributed by atoms with E-state index in [1.165, 1.54) is 20.0 Å². The summed E-state index contributed by atoms with van der Waals surface area (Å²) in [4.78, 5) is 23.5. The maximum atomic E-state index is 12.0. The maximum Gasteiger partial charge on any atom is 0.319 e. The van der Waals surface area contributed by atoms with Crippen molar-refractivity contribution in [1.29, 1.82) is 0 Å².